The molecule has 0 amide bonds. The van der Waals surface area contributed by atoms with Crippen LogP contribution in [-0.4, -0.2) is 26.5 Å². The number of aryl methyl sites for hydroxylation is 1. The summed E-state index contributed by atoms with van der Waals surface area (Å²) in [7, 11) is 0. The van der Waals surface area contributed by atoms with E-state index in [1.807, 2.05) is 50.5 Å². The molecule has 0 bridgehead atoms. The number of aromatic nitrogens is 4. The third kappa shape index (κ3) is 3.86. The lowest BCUT2D eigenvalue weighted by atomic mass is 10.0. The smallest absolute Gasteiger partial charge is 0.216 e. The normalized spacial score (nSPS) is 11.1. The van der Waals surface area contributed by atoms with Gasteiger partial charge in [0, 0.05) is 54.1 Å². The van der Waals surface area contributed by atoms with Gasteiger partial charge in [0.2, 0.25) is 11.8 Å². The second-order valence-corrected chi connectivity index (χ2v) is 6.77. The van der Waals surface area contributed by atoms with Gasteiger partial charge in [-0.1, -0.05) is 12.1 Å². The van der Waals surface area contributed by atoms with Crippen LogP contribution in [0, 0.1) is 12.9 Å². The summed E-state index contributed by atoms with van der Waals surface area (Å²) in [6.07, 6.45) is 6.42. The largest absolute Gasteiger partial charge is 0.478 e. The van der Waals surface area contributed by atoms with E-state index in [-0.39, 0.29) is 0 Å². The van der Waals surface area contributed by atoms with Crippen molar-refractivity contribution in [1.82, 2.24) is 19.9 Å². The highest BCUT2D eigenvalue weighted by molar-refractivity contribution is 5.80. The van der Waals surface area contributed by atoms with Crippen molar-refractivity contribution < 1.29 is 9.13 Å². The van der Waals surface area contributed by atoms with E-state index in [0.717, 1.165) is 27.7 Å². The van der Waals surface area contributed by atoms with Crippen molar-refractivity contribution in [2.45, 2.75) is 26.7 Å². The Morgan fingerprint density at radius 3 is 2.68 bits per heavy atom. The van der Waals surface area contributed by atoms with Gasteiger partial charge >= 0.3 is 0 Å². The standard InChI is InChI=1S/C22H21FN4O/c1-3-28-20-7-4-15(12-24-20)9-18-6-5-16(21(23)27-18)10-17-13-26-22-19(17)8-14(2)11-25-22/h4-8,11-13H,3,9-10H2,1-2H3,(H,25,26). The number of aromatic amines is 1. The first-order chi connectivity index (χ1) is 13.6. The molecule has 0 fully saturated rings. The van der Waals surface area contributed by atoms with Gasteiger partial charge in [-0.2, -0.15) is 4.39 Å². The topological polar surface area (TPSA) is 63.7 Å². The highest BCUT2D eigenvalue weighted by Crippen LogP contribution is 2.22. The molecule has 1 N–H and O–H groups in total. The molecule has 0 spiro atoms. The Kier molecular flexibility index (Phi) is 5.02. The van der Waals surface area contributed by atoms with Crippen LogP contribution < -0.4 is 4.74 Å². The van der Waals surface area contributed by atoms with Crippen molar-refractivity contribution >= 4 is 11.0 Å². The summed E-state index contributed by atoms with van der Waals surface area (Å²) in [4.78, 5) is 15.9. The molecule has 4 aromatic rings. The summed E-state index contributed by atoms with van der Waals surface area (Å²) >= 11 is 0. The molecule has 0 unspecified atom stereocenters. The monoisotopic (exact) mass is 376 g/mol. The third-order valence-corrected chi connectivity index (χ3v) is 4.59. The Balaban J connectivity index is 1.51. The number of ether oxygens (including phenoxy) is 1. The average Bonchev–Trinajstić information content (AvgIpc) is 3.08. The Labute approximate surface area is 162 Å². The van der Waals surface area contributed by atoms with Gasteiger partial charge in [-0.15, -0.1) is 0 Å². The minimum Gasteiger partial charge on any atom is -0.478 e. The number of H-pyrrole nitrogens is 1. The van der Waals surface area contributed by atoms with Gasteiger partial charge < -0.3 is 9.72 Å². The van der Waals surface area contributed by atoms with E-state index < -0.39 is 5.95 Å². The first kappa shape index (κ1) is 18.1. The average molecular weight is 376 g/mol. The van der Waals surface area contributed by atoms with Crippen molar-refractivity contribution in [2.24, 2.45) is 0 Å². The van der Waals surface area contributed by atoms with E-state index in [0.29, 0.717) is 36.6 Å². The first-order valence-corrected chi connectivity index (χ1v) is 9.27. The molecular weight excluding hydrogens is 355 g/mol. The molecule has 0 aromatic carbocycles. The van der Waals surface area contributed by atoms with Crippen LogP contribution in [0.3, 0.4) is 0 Å². The van der Waals surface area contributed by atoms with Gasteiger partial charge in [0.05, 0.1) is 6.61 Å². The molecular formula is C22H21FN4O. The number of rotatable bonds is 6. The summed E-state index contributed by atoms with van der Waals surface area (Å²) < 4.78 is 20.0. The van der Waals surface area contributed by atoms with Gasteiger partial charge in [-0.05, 0) is 42.7 Å². The Morgan fingerprint density at radius 2 is 1.93 bits per heavy atom. The highest BCUT2D eigenvalue weighted by atomic mass is 19.1. The predicted octanol–water partition coefficient (Wildman–Crippen LogP) is 4.38. The molecule has 4 heterocycles. The van der Waals surface area contributed by atoms with Crippen LogP contribution in [0.1, 0.15) is 34.9 Å². The zero-order valence-corrected chi connectivity index (χ0v) is 15.9. The molecule has 4 aromatic heterocycles. The maximum Gasteiger partial charge on any atom is 0.216 e. The number of hydrogen-bond donors (Lipinski definition) is 1. The molecule has 5 nitrogen and oxygen atoms in total. The number of fused-ring (bicyclic) bond motifs is 1. The lowest BCUT2D eigenvalue weighted by molar-refractivity contribution is 0.326. The molecule has 4 rings (SSSR count). The van der Waals surface area contributed by atoms with Gasteiger partial charge in [0.1, 0.15) is 5.65 Å². The third-order valence-electron chi connectivity index (χ3n) is 4.59. The second-order valence-electron chi connectivity index (χ2n) is 6.77. The fraction of sp³-hybridized carbons (Fsp3) is 0.227. The van der Waals surface area contributed by atoms with E-state index >= 15 is 0 Å². The van der Waals surface area contributed by atoms with Crippen molar-refractivity contribution in [2.75, 3.05) is 6.61 Å². The van der Waals surface area contributed by atoms with Crippen molar-refractivity contribution in [1.29, 1.82) is 0 Å². The molecule has 0 aliphatic rings. The summed E-state index contributed by atoms with van der Waals surface area (Å²) in [5, 5.41) is 1.02. The van der Waals surface area contributed by atoms with Crippen molar-refractivity contribution in [3.8, 4) is 5.88 Å². The summed E-state index contributed by atoms with van der Waals surface area (Å²) in [6, 6.07) is 9.48. The van der Waals surface area contributed by atoms with Crippen LogP contribution in [0.25, 0.3) is 11.0 Å². The van der Waals surface area contributed by atoms with Crippen molar-refractivity contribution in [3.05, 3.63) is 82.8 Å². The minimum atomic E-state index is -0.439. The Bertz CT molecular complexity index is 1110. The number of pyridine rings is 3. The number of halogens is 1. The summed E-state index contributed by atoms with van der Waals surface area (Å²) in [5.41, 5.74) is 5.09. The van der Waals surface area contributed by atoms with Gasteiger partial charge in [-0.3, -0.25) is 0 Å². The highest BCUT2D eigenvalue weighted by Gasteiger charge is 2.11. The van der Waals surface area contributed by atoms with Crippen LogP contribution in [-0.2, 0) is 12.8 Å². The lowest BCUT2D eigenvalue weighted by Crippen LogP contribution is -2.01. The van der Waals surface area contributed by atoms with Crippen molar-refractivity contribution in [3.63, 3.8) is 0 Å². The zero-order valence-electron chi connectivity index (χ0n) is 15.9. The van der Waals surface area contributed by atoms with Crippen LogP contribution in [0.2, 0.25) is 0 Å². The number of nitrogens with zero attached hydrogens (tertiary/aromatic N) is 3. The molecule has 28 heavy (non-hydrogen) atoms. The van der Waals surface area contributed by atoms with Crippen LogP contribution in [0.5, 0.6) is 5.88 Å². The van der Waals surface area contributed by atoms with Crippen LogP contribution in [0.15, 0.2) is 48.9 Å². The Morgan fingerprint density at radius 1 is 1.04 bits per heavy atom. The molecule has 0 aliphatic carbocycles. The lowest BCUT2D eigenvalue weighted by Gasteiger charge is -2.07. The molecule has 142 valence electrons. The van der Waals surface area contributed by atoms with E-state index in [1.165, 1.54) is 0 Å². The number of hydrogen-bond acceptors (Lipinski definition) is 4. The fourth-order valence-electron chi connectivity index (χ4n) is 3.20. The van der Waals surface area contributed by atoms with Gasteiger partial charge in [0.15, 0.2) is 0 Å². The molecule has 0 atom stereocenters. The Hall–Kier alpha value is -3.28. The molecule has 0 saturated carbocycles. The number of nitrogens with one attached hydrogen (secondary N) is 1. The second kappa shape index (κ2) is 7.76. The van der Waals surface area contributed by atoms with E-state index in [1.54, 1.807) is 6.20 Å². The van der Waals surface area contributed by atoms with Crippen LogP contribution in [0.4, 0.5) is 4.39 Å². The maximum atomic E-state index is 14.6. The molecule has 0 saturated heterocycles. The first-order valence-electron chi connectivity index (χ1n) is 9.27. The zero-order chi connectivity index (χ0) is 19.5. The van der Waals surface area contributed by atoms with E-state index in [4.69, 9.17) is 4.74 Å². The fourth-order valence-corrected chi connectivity index (χ4v) is 3.20. The molecule has 0 radical (unpaired) electrons. The van der Waals surface area contributed by atoms with E-state index in [9.17, 15) is 4.39 Å². The van der Waals surface area contributed by atoms with Gasteiger partial charge in [0.25, 0.3) is 0 Å². The van der Waals surface area contributed by atoms with E-state index in [2.05, 4.69) is 26.0 Å². The minimum absolute atomic E-state index is 0.439. The maximum absolute atomic E-state index is 14.6. The SMILES string of the molecule is CCOc1ccc(Cc2ccc(Cc3c[nH]c4ncc(C)cc34)c(F)n2)cn1. The molecule has 6 heteroatoms. The quantitative estimate of drug-likeness (QED) is 0.507. The van der Waals surface area contributed by atoms with Gasteiger partial charge in [-0.25, -0.2) is 15.0 Å². The summed E-state index contributed by atoms with van der Waals surface area (Å²) in [5.74, 6) is 0.149. The van der Waals surface area contributed by atoms with Crippen LogP contribution >= 0.6 is 0 Å². The summed E-state index contributed by atoms with van der Waals surface area (Å²) in [6.45, 7) is 4.49. The predicted molar refractivity (Wildman–Crippen MR) is 106 cm³/mol. The molecule has 0 aliphatic heterocycles.